The van der Waals surface area contributed by atoms with Crippen LogP contribution in [0.2, 0.25) is 0 Å². The molecule has 6 aliphatic heterocycles. The maximum absolute atomic E-state index is 11.9. The van der Waals surface area contributed by atoms with Crippen LogP contribution in [0.4, 0.5) is 0 Å². The molecule has 0 amide bonds. The highest BCUT2D eigenvalue weighted by Crippen LogP contribution is 2.48. The van der Waals surface area contributed by atoms with Crippen molar-refractivity contribution in [3.63, 3.8) is 0 Å². The molecule has 76 heavy (non-hydrogen) atoms. The number of carbonyl (C=O) groups is 2. The summed E-state index contributed by atoms with van der Waals surface area (Å²) in [6, 6.07) is 24.6. The Morgan fingerprint density at radius 2 is 1.07 bits per heavy atom. The van der Waals surface area contributed by atoms with Gasteiger partial charge in [0.1, 0.15) is 36.9 Å². The van der Waals surface area contributed by atoms with Crippen molar-refractivity contribution in [1.82, 2.24) is 30.0 Å². The van der Waals surface area contributed by atoms with Crippen LogP contribution in [-0.2, 0) is 19.1 Å². The highest BCUT2D eigenvalue weighted by Gasteiger charge is 2.47. The summed E-state index contributed by atoms with van der Waals surface area (Å²) in [5.74, 6) is 7.53. The first-order valence-electron chi connectivity index (χ1n) is 26.8. The second-order valence-corrected chi connectivity index (χ2v) is 23.3. The highest BCUT2D eigenvalue weighted by molar-refractivity contribution is 7.99. The van der Waals surface area contributed by atoms with Gasteiger partial charge in [-0.1, -0.05) is 25.3 Å². The van der Waals surface area contributed by atoms with Crippen LogP contribution in [0, 0.1) is 23.7 Å². The summed E-state index contributed by atoms with van der Waals surface area (Å²) in [5, 5.41) is 13.6. The molecule has 9 heterocycles. The van der Waals surface area contributed by atoms with Crippen LogP contribution in [0.25, 0.3) is 32.6 Å². The third-order valence-electron chi connectivity index (χ3n) is 16.1. The van der Waals surface area contributed by atoms with Crippen LogP contribution in [0.3, 0.4) is 0 Å². The molecule has 6 aromatic rings. The van der Waals surface area contributed by atoms with E-state index >= 15 is 0 Å². The number of piperidine rings is 6. The van der Waals surface area contributed by atoms with Crippen LogP contribution in [0.1, 0.15) is 75.7 Å². The third-order valence-corrected chi connectivity index (χ3v) is 18.1. The SMILES string of the molecule is C=C(C)C(=O)OCCSCC[C@H]1CN2CC[C@H]1C[C@H]2[C@H](Oc1nnc(O[C@H](c2ccnc3ccc(OC)cc23)[C@@H]2C[C@@H]3CCN2C[C@@H]3CCSCCOC(=O)C(=C)C)c2ccccc12)c1ccnc2ccc(OC)cc12. The Balaban J connectivity index is 0.928. The number of ether oxygens (including phenoxy) is 6. The fourth-order valence-electron chi connectivity index (χ4n) is 12.2. The zero-order chi connectivity index (χ0) is 52.7. The Morgan fingerprint density at radius 1 is 0.618 bits per heavy atom. The number of aromatic nitrogens is 4. The van der Waals surface area contributed by atoms with Crippen molar-refractivity contribution in [3.8, 4) is 23.3 Å². The molecular formula is C60H70N6O8S2. The Labute approximate surface area is 454 Å². The number of nitrogens with zero attached hydrogens (tertiary/aromatic N) is 6. The second-order valence-electron chi connectivity index (χ2n) is 20.8. The minimum Gasteiger partial charge on any atom is -0.497 e. The zero-order valence-corrected chi connectivity index (χ0v) is 45.8. The van der Waals surface area contributed by atoms with Crippen LogP contribution in [0.5, 0.6) is 23.3 Å². The molecule has 16 heteroatoms. The molecular weight excluding hydrogens is 997 g/mol. The van der Waals surface area contributed by atoms with E-state index in [0.29, 0.717) is 59.8 Å². The molecule has 0 saturated carbocycles. The molecule has 10 atom stereocenters. The van der Waals surface area contributed by atoms with E-state index in [4.69, 9.17) is 48.6 Å². The fourth-order valence-corrected chi connectivity index (χ4v) is 13.9. The largest absolute Gasteiger partial charge is 0.497 e. The van der Waals surface area contributed by atoms with Gasteiger partial charge in [-0.25, -0.2) is 9.59 Å². The van der Waals surface area contributed by atoms with Gasteiger partial charge in [0.25, 0.3) is 0 Å². The van der Waals surface area contributed by atoms with Gasteiger partial charge in [0.05, 0.1) is 48.1 Å². The van der Waals surface area contributed by atoms with Gasteiger partial charge in [0.15, 0.2) is 0 Å². The summed E-state index contributed by atoms with van der Waals surface area (Å²) in [7, 11) is 3.39. The van der Waals surface area contributed by atoms with Gasteiger partial charge >= 0.3 is 11.9 Å². The monoisotopic (exact) mass is 1070 g/mol. The van der Waals surface area contributed by atoms with Gasteiger partial charge in [-0.15, -0.1) is 10.2 Å². The van der Waals surface area contributed by atoms with E-state index < -0.39 is 12.2 Å². The molecule has 14 nitrogen and oxygen atoms in total. The van der Waals surface area contributed by atoms with E-state index in [1.165, 1.54) is 0 Å². The van der Waals surface area contributed by atoms with Gasteiger partial charge in [0.2, 0.25) is 11.8 Å². The highest BCUT2D eigenvalue weighted by atomic mass is 32.2. The molecule has 6 aliphatic rings. The van der Waals surface area contributed by atoms with Crippen molar-refractivity contribution in [2.75, 3.05) is 76.6 Å². The number of benzene rings is 3. The molecule has 4 bridgehead atoms. The van der Waals surface area contributed by atoms with Crippen molar-refractivity contribution in [2.24, 2.45) is 23.7 Å². The van der Waals surface area contributed by atoms with Gasteiger partial charge in [0, 0.05) is 70.0 Å². The topological polar surface area (TPSA) is 148 Å². The number of thioether (sulfide) groups is 2. The number of fused-ring (bicyclic) bond motifs is 9. The van der Waals surface area contributed by atoms with Crippen LogP contribution >= 0.6 is 23.5 Å². The summed E-state index contributed by atoms with van der Waals surface area (Å²) in [6.45, 7) is 15.5. The predicted molar refractivity (Wildman–Crippen MR) is 301 cm³/mol. The normalized spacial score (nSPS) is 23.5. The number of carbonyl (C=O) groups excluding carboxylic acids is 2. The average Bonchev–Trinajstić information content (AvgIpc) is 3.47. The number of hydrogen-bond acceptors (Lipinski definition) is 16. The minimum atomic E-state index is -0.398. The maximum atomic E-state index is 11.9. The van der Waals surface area contributed by atoms with Crippen molar-refractivity contribution < 1.29 is 38.0 Å². The van der Waals surface area contributed by atoms with Crippen molar-refractivity contribution in [2.45, 2.75) is 76.7 Å². The number of esters is 2. The van der Waals surface area contributed by atoms with E-state index in [1.807, 2.05) is 72.3 Å². The van der Waals surface area contributed by atoms with Gasteiger partial charge in [-0.05, 0) is 161 Å². The molecule has 3 aromatic heterocycles. The van der Waals surface area contributed by atoms with Crippen LogP contribution in [0.15, 0.2) is 109 Å². The maximum Gasteiger partial charge on any atom is 0.333 e. The Hall–Kier alpha value is -5.94. The summed E-state index contributed by atoms with van der Waals surface area (Å²) in [5.41, 5.74) is 4.66. The lowest BCUT2D eigenvalue weighted by atomic mass is 9.72. The van der Waals surface area contributed by atoms with Crippen LogP contribution in [-0.4, -0.2) is 131 Å². The smallest absolute Gasteiger partial charge is 0.333 e. The number of hydrogen-bond donors (Lipinski definition) is 0. The van der Waals surface area contributed by atoms with E-state index in [2.05, 4.69) is 59.4 Å². The van der Waals surface area contributed by atoms with E-state index in [1.54, 1.807) is 28.1 Å². The van der Waals surface area contributed by atoms with E-state index in [-0.39, 0.29) is 24.0 Å². The lowest BCUT2D eigenvalue weighted by Crippen LogP contribution is -2.56. The Morgan fingerprint density at radius 3 is 1.46 bits per heavy atom. The first-order chi connectivity index (χ1) is 37.1. The summed E-state index contributed by atoms with van der Waals surface area (Å²) in [6.07, 6.45) is 9.42. The first-order valence-corrected chi connectivity index (χ1v) is 29.1. The molecule has 2 unspecified atom stereocenters. The molecule has 6 fully saturated rings. The zero-order valence-electron chi connectivity index (χ0n) is 44.2. The average molecular weight is 1070 g/mol. The summed E-state index contributed by atoms with van der Waals surface area (Å²) < 4.78 is 37.0. The standard InChI is InChI=1S/C60H70N6O8S2/c1-37(2)59(67)71-25-29-75-27-19-41-35-65-23-17-39(41)31-53(65)55(45-15-21-61-51-13-11-43(69-5)33-49(45)51)73-57-47-9-7-8-10-48(47)58(64-63-57)74-56(46-16-22-62-52-14-12-44(70-6)34-50(46)52)54-32-40-18-24-66(54)36-42(40)20-28-76-30-26-72-60(68)38(3)4/h7-16,21-22,33-34,39-42,53-56H,1,3,17-20,23-32,35-36H2,2,4-6H3/t39-,40-,41-,42-,53-,54-,55+,56+/m0/s1. The fraction of sp³-hybridized carbons (Fsp3) is 0.467. The molecule has 0 spiro atoms. The molecule has 0 radical (unpaired) electrons. The second kappa shape index (κ2) is 24.6. The lowest BCUT2D eigenvalue weighted by molar-refractivity contribution is -0.139. The van der Waals surface area contributed by atoms with E-state index in [9.17, 15) is 9.59 Å². The van der Waals surface area contributed by atoms with Gasteiger partial charge < -0.3 is 28.4 Å². The van der Waals surface area contributed by atoms with Crippen LogP contribution < -0.4 is 18.9 Å². The lowest BCUT2D eigenvalue weighted by Gasteiger charge is -2.52. The Kier molecular flexibility index (Phi) is 17.3. The molecule has 12 rings (SSSR count). The quantitative estimate of drug-likeness (QED) is 0.0321. The molecule has 0 aliphatic carbocycles. The molecule has 3 aromatic carbocycles. The number of pyridine rings is 2. The van der Waals surface area contributed by atoms with Gasteiger partial charge in [-0.2, -0.15) is 23.5 Å². The molecule has 400 valence electrons. The predicted octanol–water partition coefficient (Wildman–Crippen LogP) is 10.9. The third kappa shape index (κ3) is 11.9. The van der Waals surface area contributed by atoms with E-state index in [0.717, 1.165) is 143 Å². The Bertz CT molecular complexity index is 2870. The summed E-state index contributed by atoms with van der Waals surface area (Å²) >= 11 is 3.69. The minimum absolute atomic E-state index is 0.0726. The van der Waals surface area contributed by atoms with Crippen molar-refractivity contribution in [1.29, 1.82) is 0 Å². The molecule has 6 saturated heterocycles. The van der Waals surface area contributed by atoms with Crippen molar-refractivity contribution in [3.05, 3.63) is 121 Å². The first kappa shape index (κ1) is 53.5. The molecule has 0 N–H and O–H groups in total. The summed E-state index contributed by atoms with van der Waals surface area (Å²) in [4.78, 5) is 38.6. The number of methoxy groups -OCH3 is 2. The number of rotatable bonds is 24. The van der Waals surface area contributed by atoms with Gasteiger partial charge in [-0.3, -0.25) is 19.8 Å². The van der Waals surface area contributed by atoms with Crippen molar-refractivity contribution >= 4 is 68.0 Å².